The number of hydrogen-bond donors (Lipinski definition) is 2. The number of methoxy groups -OCH3 is 1. The van der Waals surface area contributed by atoms with Gasteiger partial charge < -0.3 is 19.7 Å². The fourth-order valence-electron chi connectivity index (χ4n) is 4.51. The first-order valence-corrected chi connectivity index (χ1v) is 9.70. The summed E-state index contributed by atoms with van der Waals surface area (Å²) in [5.74, 6) is -3.89. The summed E-state index contributed by atoms with van der Waals surface area (Å²) in [6.45, 7) is 9.59. The molecule has 3 fully saturated rings. The minimum absolute atomic E-state index is 0.0397. The lowest BCUT2D eigenvalue weighted by Gasteiger charge is -2.62. The van der Waals surface area contributed by atoms with Crippen LogP contribution in [0.4, 0.5) is 13.2 Å². The molecule has 0 aromatic heterocycles. The van der Waals surface area contributed by atoms with Gasteiger partial charge >= 0.3 is 18.1 Å². The topological polar surface area (TPSA) is 105 Å². The first kappa shape index (κ1) is 24.6. The lowest BCUT2D eigenvalue weighted by Crippen LogP contribution is -2.67. The van der Waals surface area contributed by atoms with Crippen LogP contribution in [0.3, 0.4) is 0 Å². The van der Waals surface area contributed by atoms with Gasteiger partial charge in [0.2, 0.25) is 0 Å². The molecule has 0 unspecified atom stereocenters. The summed E-state index contributed by atoms with van der Waals surface area (Å²) in [4.78, 5) is 28.6. The van der Waals surface area contributed by atoms with E-state index in [4.69, 9.17) is 4.74 Å². The highest BCUT2D eigenvalue weighted by molar-refractivity contribution is 5.98. The molecule has 3 saturated carbocycles. The van der Waals surface area contributed by atoms with E-state index in [9.17, 15) is 33.0 Å². The smallest absolute Gasteiger partial charge is 0.431 e. The fraction of sp³-hybridized carbons (Fsp3) is 0.850. The van der Waals surface area contributed by atoms with Crippen molar-refractivity contribution in [1.82, 2.24) is 0 Å². The van der Waals surface area contributed by atoms with Gasteiger partial charge in [-0.05, 0) is 57.8 Å². The molecule has 2 N–H and O–H groups in total. The number of aliphatic hydroxyl groups is 2. The third kappa shape index (κ3) is 3.84. The lowest BCUT2D eigenvalue weighted by molar-refractivity contribution is -0.269. The normalized spacial score (nSPS) is 32.6. The number of fused-ring (bicyclic) bond motifs is 2. The Morgan fingerprint density at radius 3 is 2.10 bits per heavy atom. The molecular weight excluding hydrogens is 407 g/mol. The standard InChI is InChI=1S/C20H30F3NO6/c1-16(2,3)30-14(25)13(19(28,15(26)29-7)20(21,22)23)24-12-9-10-8-11(17(10,4)5)18(12,6)27/h10-11,13,27-28H,8-9H2,1-7H3/t10-,11-,13-,18-,19+/m1/s1. The summed E-state index contributed by atoms with van der Waals surface area (Å²) in [5.41, 5.74) is -7.43. The van der Waals surface area contributed by atoms with Crippen LogP contribution < -0.4 is 0 Å². The molecule has 5 atom stereocenters. The summed E-state index contributed by atoms with van der Waals surface area (Å²) >= 11 is 0. The monoisotopic (exact) mass is 437 g/mol. The molecule has 2 bridgehead atoms. The van der Waals surface area contributed by atoms with Crippen molar-refractivity contribution in [2.24, 2.45) is 22.2 Å². The van der Waals surface area contributed by atoms with E-state index in [1.165, 1.54) is 27.7 Å². The Morgan fingerprint density at radius 1 is 1.20 bits per heavy atom. The number of rotatable bonds is 4. The first-order valence-electron chi connectivity index (χ1n) is 9.70. The Balaban J connectivity index is 2.62. The highest BCUT2D eigenvalue weighted by atomic mass is 19.4. The van der Waals surface area contributed by atoms with Crippen LogP contribution in [0.25, 0.3) is 0 Å². The van der Waals surface area contributed by atoms with Crippen molar-refractivity contribution in [3.8, 4) is 0 Å². The number of carbonyl (C=O) groups is 2. The SMILES string of the molecule is COC(=O)[C@@](O)([C@H](N=C1C[C@H]2C[C@H](C2(C)C)[C@@]1(C)O)C(=O)OC(C)(C)C)C(F)(F)F. The largest absolute Gasteiger partial charge is 0.467 e. The molecule has 0 heterocycles. The highest BCUT2D eigenvalue weighted by Gasteiger charge is 2.69. The predicted octanol–water partition coefficient (Wildman–Crippen LogP) is 2.42. The van der Waals surface area contributed by atoms with Crippen LogP contribution >= 0.6 is 0 Å². The number of aliphatic imine (C=N–C) groups is 1. The minimum atomic E-state index is -5.59. The van der Waals surface area contributed by atoms with Gasteiger partial charge in [-0.1, -0.05) is 13.8 Å². The summed E-state index contributed by atoms with van der Waals surface area (Å²) < 4.78 is 50.7. The molecule has 3 aliphatic carbocycles. The van der Waals surface area contributed by atoms with Crippen molar-refractivity contribution in [1.29, 1.82) is 0 Å². The van der Waals surface area contributed by atoms with Crippen LogP contribution in [0.15, 0.2) is 4.99 Å². The molecule has 3 aliphatic rings. The Labute approximate surface area is 173 Å². The second kappa shape index (κ2) is 7.19. The lowest BCUT2D eigenvalue weighted by atomic mass is 9.44. The predicted molar refractivity (Wildman–Crippen MR) is 101 cm³/mol. The van der Waals surface area contributed by atoms with E-state index >= 15 is 0 Å². The van der Waals surface area contributed by atoms with E-state index in [1.807, 2.05) is 13.8 Å². The zero-order valence-electron chi connectivity index (χ0n) is 18.3. The van der Waals surface area contributed by atoms with Gasteiger partial charge in [0, 0.05) is 5.71 Å². The van der Waals surface area contributed by atoms with Crippen LogP contribution in [0.1, 0.15) is 54.4 Å². The van der Waals surface area contributed by atoms with Crippen molar-refractivity contribution in [3.05, 3.63) is 0 Å². The maximum atomic E-state index is 13.9. The molecule has 0 radical (unpaired) electrons. The van der Waals surface area contributed by atoms with Crippen molar-refractivity contribution >= 4 is 17.7 Å². The maximum Gasteiger partial charge on any atom is 0.431 e. The first-order chi connectivity index (χ1) is 13.3. The third-order valence-electron chi connectivity index (χ3n) is 6.41. The van der Waals surface area contributed by atoms with Crippen LogP contribution in [-0.2, 0) is 19.1 Å². The molecule has 3 rings (SSSR count). The van der Waals surface area contributed by atoms with Crippen LogP contribution in [0, 0.1) is 17.3 Å². The Morgan fingerprint density at radius 2 is 1.73 bits per heavy atom. The van der Waals surface area contributed by atoms with E-state index in [-0.39, 0.29) is 29.4 Å². The second-order valence-electron chi connectivity index (χ2n) is 9.93. The molecule has 7 nitrogen and oxygen atoms in total. The summed E-state index contributed by atoms with van der Waals surface area (Å²) in [7, 11) is 0.660. The van der Waals surface area contributed by atoms with Gasteiger partial charge in [-0.15, -0.1) is 0 Å². The molecular formula is C20H30F3NO6. The van der Waals surface area contributed by atoms with Crippen LogP contribution in [0.5, 0.6) is 0 Å². The van der Waals surface area contributed by atoms with E-state index in [0.29, 0.717) is 13.5 Å². The molecule has 0 aromatic carbocycles. The Bertz CT molecular complexity index is 753. The van der Waals surface area contributed by atoms with E-state index < -0.39 is 41.0 Å². The van der Waals surface area contributed by atoms with Gasteiger partial charge in [-0.2, -0.15) is 13.2 Å². The van der Waals surface area contributed by atoms with Crippen LogP contribution in [-0.4, -0.2) is 64.0 Å². The van der Waals surface area contributed by atoms with Gasteiger partial charge in [0.15, 0.2) is 6.04 Å². The summed E-state index contributed by atoms with van der Waals surface area (Å²) in [6.07, 6.45) is -4.80. The number of hydrogen-bond acceptors (Lipinski definition) is 7. The van der Waals surface area contributed by atoms with Crippen molar-refractivity contribution in [3.63, 3.8) is 0 Å². The van der Waals surface area contributed by atoms with Gasteiger partial charge in [-0.25, -0.2) is 9.59 Å². The highest BCUT2D eigenvalue weighted by Crippen LogP contribution is 2.61. The van der Waals surface area contributed by atoms with E-state index in [0.717, 1.165) is 0 Å². The van der Waals surface area contributed by atoms with Gasteiger partial charge in [0.25, 0.3) is 5.60 Å². The molecule has 0 spiro atoms. The molecule has 0 aliphatic heterocycles. The van der Waals surface area contributed by atoms with E-state index in [1.54, 1.807) is 0 Å². The molecule has 10 heteroatoms. The average Bonchev–Trinajstić information content (AvgIpc) is 2.55. The van der Waals surface area contributed by atoms with Crippen molar-refractivity contribution in [2.75, 3.05) is 7.11 Å². The van der Waals surface area contributed by atoms with Gasteiger partial charge in [0.05, 0.1) is 7.11 Å². The molecule has 172 valence electrons. The molecule has 0 aromatic rings. The Hall–Kier alpha value is -1.68. The van der Waals surface area contributed by atoms with Crippen LogP contribution in [0.2, 0.25) is 0 Å². The fourth-order valence-corrected chi connectivity index (χ4v) is 4.51. The number of esters is 2. The van der Waals surface area contributed by atoms with Crippen molar-refractivity contribution < 1.29 is 42.4 Å². The average molecular weight is 437 g/mol. The minimum Gasteiger partial charge on any atom is -0.467 e. The molecule has 0 saturated heterocycles. The number of nitrogens with zero attached hydrogens (tertiary/aromatic N) is 1. The molecule has 30 heavy (non-hydrogen) atoms. The summed E-state index contributed by atoms with van der Waals surface area (Å²) in [6, 6.07) is -2.69. The van der Waals surface area contributed by atoms with E-state index in [2.05, 4.69) is 9.73 Å². The zero-order valence-corrected chi connectivity index (χ0v) is 18.3. The number of carbonyl (C=O) groups excluding carboxylic acids is 2. The number of halogens is 3. The Kier molecular flexibility index (Phi) is 5.89. The quantitative estimate of drug-likeness (QED) is 0.655. The zero-order chi connectivity index (χ0) is 23.5. The summed E-state index contributed by atoms with van der Waals surface area (Å²) in [5, 5.41) is 21.5. The van der Waals surface area contributed by atoms with Crippen molar-refractivity contribution in [2.45, 2.75) is 83.4 Å². The molecule has 0 amide bonds. The number of ether oxygens (including phenoxy) is 2. The van der Waals surface area contributed by atoms with Gasteiger partial charge in [-0.3, -0.25) is 4.99 Å². The third-order valence-corrected chi connectivity index (χ3v) is 6.41. The second-order valence-corrected chi connectivity index (χ2v) is 9.93. The van der Waals surface area contributed by atoms with Gasteiger partial charge in [0.1, 0.15) is 11.2 Å². The maximum absolute atomic E-state index is 13.9. The number of alkyl halides is 3.